The molecule has 1 aliphatic rings. The second-order valence-corrected chi connectivity index (χ2v) is 9.83. The molecule has 204 valence electrons. The Hall–Kier alpha value is -3.75. The number of hydrogen-bond donors (Lipinski definition) is 0. The zero-order valence-electron chi connectivity index (χ0n) is 22.7. The minimum atomic E-state index is -0.397. The van der Waals surface area contributed by atoms with Crippen LogP contribution in [-0.2, 0) is 17.9 Å². The maximum absolute atomic E-state index is 14.7. The molecule has 3 amide bonds. The summed E-state index contributed by atoms with van der Waals surface area (Å²) in [6.45, 7) is 4.28. The smallest absolute Gasteiger partial charge is 0.324 e. The quantitative estimate of drug-likeness (QED) is 0.320. The van der Waals surface area contributed by atoms with Crippen LogP contribution >= 0.6 is 0 Å². The monoisotopic (exact) mass is 524 g/mol. The Morgan fingerprint density at radius 2 is 1.89 bits per heavy atom. The summed E-state index contributed by atoms with van der Waals surface area (Å²) < 4.78 is 27.8. The highest BCUT2D eigenvalue weighted by atomic mass is 19.1. The molecule has 3 aromatic rings. The van der Waals surface area contributed by atoms with Gasteiger partial charge in [-0.25, -0.2) is 9.18 Å². The van der Waals surface area contributed by atoms with Gasteiger partial charge in [0, 0.05) is 57.1 Å². The number of hydrogen-bond acceptors (Lipinski definition) is 4. The van der Waals surface area contributed by atoms with Gasteiger partial charge in [-0.05, 0) is 48.7 Å². The lowest BCUT2D eigenvalue weighted by molar-refractivity contribution is -0.129. The van der Waals surface area contributed by atoms with Crippen molar-refractivity contribution in [1.29, 1.82) is 0 Å². The summed E-state index contributed by atoms with van der Waals surface area (Å²) in [5.74, 6) is 0.770. The largest absolute Gasteiger partial charge is 0.493 e. The molecule has 1 fully saturated rings. The Kier molecular flexibility index (Phi) is 8.76. The van der Waals surface area contributed by atoms with Crippen molar-refractivity contribution >= 4 is 28.5 Å². The van der Waals surface area contributed by atoms with Crippen LogP contribution in [0.4, 0.5) is 14.9 Å². The van der Waals surface area contributed by atoms with Gasteiger partial charge in [-0.15, -0.1) is 0 Å². The van der Waals surface area contributed by atoms with Crippen molar-refractivity contribution in [3.63, 3.8) is 0 Å². The van der Waals surface area contributed by atoms with Crippen LogP contribution in [0.25, 0.3) is 10.9 Å². The van der Waals surface area contributed by atoms with Gasteiger partial charge in [0.1, 0.15) is 12.4 Å². The minimum absolute atomic E-state index is 0.0802. The molecule has 0 bridgehead atoms. The zero-order chi connectivity index (χ0) is 27.2. The van der Waals surface area contributed by atoms with Crippen LogP contribution in [0.2, 0.25) is 0 Å². The number of unbranched alkanes of at least 4 members (excludes halogenated alkanes) is 2. The third-order valence-corrected chi connectivity index (χ3v) is 6.88. The van der Waals surface area contributed by atoms with Gasteiger partial charge in [0.05, 0.1) is 19.2 Å². The van der Waals surface area contributed by atoms with E-state index < -0.39 is 5.82 Å². The van der Waals surface area contributed by atoms with E-state index >= 15 is 0 Å². The topological polar surface area (TPSA) is 67.2 Å². The molecule has 1 saturated heterocycles. The molecule has 0 radical (unpaired) electrons. The summed E-state index contributed by atoms with van der Waals surface area (Å²) in [6.07, 6.45) is 5.72. The van der Waals surface area contributed by atoms with Crippen molar-refractivity contribution in [1.82, 2.24) is 14.4 Å². The van der Waals surface area contributed by atoms with Crippen LogP contribution in [-0.4, -0.2) is 67.2 Å². The van der Waals surface area contributed by atoms with Crippen molar-refractivity contribution < 1.29 is 23.5 Å². The molecule has 38 heavy (non-hydrogen) atoms. The number of ether oxygens (including phenoxy) is 2. The van der Waals surface area contributed by atoms with E-state index in [1.54, 1.807) is 41.8 Å². The van der Waals surface area contributed by atoms with E-state index in [1.165, 1.54) is 17.0 Å². The Balaban J connectivity index is 1.55. The molecular weight excluding hydrogens is 487 g/mol. The van der Waals surface area contributed by atoms with Crippen molar-refractivity contribution in [2.45, 2.75) is 45.7 Å². The van der Waals surface area contributed by atoms with Gasteiger partial charge < -0.3 is 23.8 Å². The first-order valence-electron chi connectivity index (χ1n) is 13.2. The van der Waals surface area contributed by atoms with Crippen LogP contribution in [0.5, 0.6) is 11.5 Å². The van der Waals surface area contributed by atoms with Crippen LogP contribution in [0.15, 0.2) is 42.6 Å². The molecule has 1 aromatic heterocycles. The zero-order valence-corrected chi connectivity index (χ0v) is 22.7. The van der Waals surface area contributed by atoms with Gasteiger partial charge in [-0.1, -0.05) is 19.8 Å². The van der Waals surface area contributed by atoms with E-state index in [-0.39, 0.29) is 25.0 Å². The summed E-state index contributed by atoms with van der Waals surface area (Å²) in [4.78, 5) is 30.8. The first-order chi connectivity index (χ1) is 18.3. The van der Waals surface area contributed by atoms with E-state index in [2.05, 4.69) is 6.92 Å². The molecule has 0 unspecified atom stereocenters. The fourth-order valence-corrected chi connectivity index (χ4v) is 4.74. The molecule has 0 spiro atoms. The fourth-order valence-electron chi connectivity index (χ4n) is 4.74. The van der Waals surface area contributed by atoms with Crippen LogP contribution in [0, 0.1) is 5.82 Å². The predicted octanol–water partition coefficient (Wildman–Crippen LogP) is 5.28. The number of carbonyl (C=O) groups excluding carboxylic acids is 2. The van der Waals surface area contributed by atoms with Gasteiger partial charge in [0.2, 0.25) is 5.91 Å². The van der Waals surface area contributed by atoms with E-state index in [0.717, 1.165) is 36.8 Å². The summed E-state index contributed by atoms with van der Waals surface area (Å²) >= 11 is 0. The van der Waals surface area contributed by atoms with Crippen molar-refractivity contribution in [2.75, 3.05) is 45.8 Å². The predicted molar refractivity (Wildman–Crippen MR) is 146 cm³/mol. The number of urea groups is 1. The molecule has 9 heteroatoms. The lowest BCUT2D eigenvalue weighted by Crippen LogP contribution is -2.49. The van der Waals surface area contributed by atoms with Crippen LogP contribution in [0.3, 0.4) is 0 Å². The van der Waals surface area contributed by atoms with Gasteiger partial charge >= 0.3 is 6.03 Å². The van der Waals surface area contributed by atoms with E-state index in [4.69, 9.17) is 9.47 Å². The molecule has 0 atom stereocenters. The van der Waals surface area contributed by atoms with Gasteiger partial charge in [0.25, 0.3) is 0 Å². The number of benzene rings is 2. The Labute approximate surface area is 223 Å². The lowest BCUT2D eigenvalue weighted by atomic mass is 10.1. The van der Waals surface area contributed by atoms with Crippen LogP contribution in [0.1, 0.15) is 38.2 Å². The highest BCUT2D eigenvalue weighted by molar-refractivity contribution is 5.93. The van der Waals surface area contributed by atoms with Crippen molar-refractivity contribution in [3.8, 4) is 11.5 Å². The molecule has 2 heterocycles. The summed E-state index contributed by atoms with van der Waals surface area (Å²) in [7, 11) is 4.99. The molecule has 1 aliphatic heterocycles. The second kappa shape index (κ2) is 12.2. The number of amides is 3. The molecule has 0 saturated carbocycles. The molecule has 0 aliphatic carbocycles. The average Bonchev–Trinajstić information content (AvgIpc) is 3.30. The second-order valence-electron chi connectivity index (χ2n) is 9.83. The number of nitrogens with zero attached hydrogens (tertiary/aromatic N) is 4. The van der Waals surface area contributed by atoms with E-state index in [0.29, 0.717) is 42.3 Å². The Morgan fingerprint density at radius 1 is 1.08 bits per heavy atom. The van der Waals surface area contributed by atoms with Gasteiger partial charge in [0.15, 0.2) is 11.5 Å². The number of methoxy groups -OCH3 is 1. The van der Waals surface area contributed by atoms with Crippen molar-refractivity contribution in [2.24, 2.45) is 0 Å². The highest BCUT2D eigenvalue weighted by Crippen LogP contribution is 2.34. The molecule has 4 rings (SSSR count). The summed E-state index contributed by atoms with van der Waals surface area (Å²) in [5.41, 5.74) is 2.08. The average molecular weight is 525 g/mol. The molecule has 0 N–H and O–H groups in total. The van der Waals surface area contributed by atoms with Crippen molar-refractivity contribution in [3.05, 3.63) is 54.0 Å². The Morgan fingerprint density at radius 3 is 2.63 bits per heavy atom. The number of fused-ring (bicyclic) bond motifs is 1. The minimum Gasteiger partial charge on any atom is -0.493 e. The standard InChI is InChI=1S/C29H37FN4O4/c1-5-6-7-15-38-27-18-23(9-10-26(27)37-4)34-13-8-12-33(29(34)36)19-21-16-22(30)17-25-24(21)11-14-32(25)20-28(35)31(2)3/h9-11,14,16-18H,5-8,12-13,15,19-20H2,1-4H3. The SMILES string of the molecule is CCCCCOc1cc(N2CCCN(Cc3cc(F)cc4c3ccn4CC(=O)N(C)C)C2=O)ccc1OC. The third kappa shape index (κ3) is 6.03. The van der Waals surface area contributed by atoms with Gasteiger partial charge in [-0.2, -0.15) is 0 Å². The molecule has 2 aromatic carbocycles. The number of anilines is 1. The first-order valence-corrected chi connectivity index (χ1v) is 13.2. The first kappa shape index (κ1) is 27.3. The summed E-state index contributed by atoms with van der Waals surface area (Å²) in [6, 6.07) is 10.2. The number of rotatable bonds is 11. The van der Waals surface area contributed by atoms with E-state index in [9.17, 15) is 14.0 Å². The highest BCUT2D eigenvalue weighted by Gasteiger charge is 2.28. The fraction of sp³-hybridized carbons (Fsp3) is 0.448. The van der Waals surface area contributed by atoms with Crippen LogP contribution < -0.4 is 14.4 Å². The maximum atomic E-state index is 14.7. The third-order valence-electron chi connectivity index (χ3n) is 6.88. The number of likely N-dealkylation sites (N-methyl/N-ethyl adjacent to an activating group) is 1. The molecular formula is C29H37FN4O4. The lowest BCUT2D eigenvalue weighted by Gasteiger charge is -2.36. The summed E-state index contributed by atoms with van der Waals surface area (Å²) in [5, 5.41) is 0.829. The van der Waals surface area contributed by atoms with E-state index in [1.807, 2.05) is 24.3 Å². The Bertz CT molecular complexity index is 1290. The number of carbonyl (C=O) groups is 2. The number of aromatic nitrogens is 1. The van der Waals surface area contributed by atoms with Gasteiger partial charge in [-0.3, -0.25) is 9.69 Å². The maximum Gasteiger partial charge on any atom is 0.324 e. The molecule has 8 nitrogen and oxygen atoms in total. The normalized spacial score (nSPS) is 13.8. The number of halogens is 1.